The molecule has 1 saturated heterocycles. The standard InChI is InChI=1S/C15H24N4O/c1-3-4-12-5-7-19(8-6-12)14-10-13(15(16)18-20)9-11(2)17-14/h9-10,12,20H,3-8H2,1-2H3,(H2,16,18). The van der Waals surface area contributed by atoms with Crippen molar-refractivity contribution in [3.8, 4) is 0 Å². The van der Waals surface area contributed by atoms with Crippen molar-refractivity contribution in [2.45, 2.75) is 39.5 Å². The van der Waals surface area contributed by atoms with Crippen molar-refractivity contribution in [2.75, 3.05) is 18.0 Å². The van der Waals surface area contributed by atoms with Crippen LogP contribution in [0.1, 0.15) is 43.9 Å². The summed E-state index contributed by atoms with van der Waals surface area (Å²) in [5, 5.41) is 11.9. The lowest BCUT2D eigenvalue weighted by Gasteiger charge is -2.33. The first kappa shape index (κ1) is 14.6. The van der Waals surface area contributed by atoms with Crippen molar-refractivity contribution >= 4 is 11.7 Å². The Balaban J connectivity index is 2.12. The number of anilines is 1. The van der Waals surface area contributed by atoms with Crippen molar-refractivity contribution in [1.29, 1.82) is 0 Å². The molecule has 0 aliphatic carbocycles. The minimum Gasteiger partial charge on any atom is -0.409 e. The average molecular weight is 276 g/mol. The van der Waals surface area contributed by atoms with E-state index >= 15 is 0 Å². The highest BCUT2D eigenvalue weighted by atomic mass is 16.4. The van der Waals surface area contributed by atoms with Gasteiger partial charge in [0, 0.05) is 24.3 Å². The summed E-state index contributed by atoms with van der Waals surface area (Å²) < 4.78 is 0. The molecule has 110 valence electrons. The lowest BCUT2D eigenvalue weighted by Crippen LogP contribution is -2.34. The number of nitrogens with zero attached hydrogens (tertiary/aromatic N) is 3. The molecule has 1 aliphatic rings. The van der Waals surface area contributed by atoms with Crippen LogP contribution in [0.3, 0.4) is 0 Å². The fourth-order valence-electron chi connectivity index (χ4n) is 2.88. The number of amidine groups is 1. The summed E-state index contributed by atoms with van der Waals surface area (Å²) in [5.74, 6) is 1.92. The second kappa shape index (κ2) is 6.59. The molecule has 1 aliphatic heterocycles. The number of rotatable bonds is 4. The normalized spacial score (nSPS) is 17.5. The Labute approximate surface area is 120 Å². The molecule has 1 fully saturated rings. The van der Waals surface area contributed by atoms with E-state index < -0.39 is 0 Å². The second-order valence-corrected chi connectivity index (χ2v) is 5.56. The summed E-state index contributed by atoms with van der Waals surface area (Å²) in [7, 11) is 0. The molecule has 2 rings (SSSR count). The molecule has 20 heavy (non-hydrogen) atoms. The van der Waals surface area contributed by atoms with Crippen LogP contribution in [0, 0.1) is 12.8 Å². The van der Waals surface area contributed by atoms with Gasteiger partial charge in [-0.3, -0.25) is 0 Å². The second-order valence-electron chi connectivity index (χ2n) is 5.56. The Morgan fingerprint density at radius 1 is 1.45 bits per heavy atom. The summed E-state index contributed by atoms with van der Waals surface area (Å²) in [5.41, 5.74) is 7.29. The predicted molar refractivity (Wildman–Crippen MR) is 81.3 cm³/mol. The number of aromatic nitrogens is 1. The molecule has 3 N–H and O–H groups in total. The number of pyridine rings is 1. The summed E-state index contributed by atoms with van der Waals surface area (Å²) in [6.45, 7) is 6.26. The van der Waals surface area contributed by atoms with E-state index in [1.807, 2.05) is 19.1 Å². The van der Waals surface area contributed by atoms with Crippen LogP contribution in [0.15, 0.2) is 17.3 Å². The minimum atomic E-state index is 0.137. The molecule has 0 unspecified atom stereocenters. The van der Waals surface area contributed by atoms with Crippen LogP contribution >= 0.6 is 0 Å². The van der Waals surface area contributed by atoms with Gasteiger partial charge in [-0.05, 0) is 37.8 Å². The number of aryl methyl sites for hydroxylation is 1. The fraction of sp³-hybridized carbons (Fsp3) is 0.600. The van der Waals surface area contributed by atoms with E-state index in [1.165, 1.54) is 25.7 Å². The molecule has 5 heteroatoms. The largest absolute Gasteiger partial charge is 0.409 e. The van der Waals surface area contributed by atoms with Gasteiger partial charge in [0.25, 0.3) is 0 Å². The van der Waals surface area contributed by atoms with Crippen LogP contribution in [-0.4, -0.2) is 29.1 Å². The predicted octanol–water partition coefficient (Wildman–Crippen LogP) is 2.50. The molecule has 0 aromatic carbocycles. The highest BCUT2D eigenvalue weighted by Gasteiger charge is 2.20. The average Bonchev–Trinajstić information content (AvgIpc) is 2.47. The summed E-state index contributed by atoms with van der Waals surface area (Å²) in [4.78, 5) is 6.88. The van der Waals surface area contributed by atoms with Crippen molar-refractivity contribution in [1.82, 2.24) is 4.98 Å². The van der Waals surface area contributed by atoms with Crippen molar-refractivity contribution in [2.24, 2.45) is 16.8 Å². The van der Waals surface area contributed by atoms with Gasteiger partial charge in [-0.2, -0.15) is 0 Å². The zero-order valence-corrected chi connectivity index (χ0v) is 12.3. The van der Waals surface area contributed by atoms with Crippen LogP contribution in [0.5, 0.6) is 0 Å². The Kier molecular flexibility index (Phi) is 4.82. The SMILES string of the molecule is CCCC1CCN(c2cc(/C(N)=N/O)cc(C)n2)CC1. The minimum absolute atomic E-state index is 0.137. The first-order valence-corrected chi connectivity index (χ1v) is 7.35. The van der Waals surface area contributed by atoms with E-state index in [2.05, 4.69) is 22.0 Å². The first-order chi connectivity index (χ1) is 9.63. The van der Waals surface area contributed by atoms with Gasteiger partial charge in [-0.25, -0.2) is 4.98 Å². The van der Waals surface area contributed by atoms with Crippen LogP contribution in [0.25, 0.3) is 0 Å². The molecule has 0 bridgehead atoms. The lowest BCUT2D eigenvalue weighted by atomic mass is 9.92. The van der Waals surface area contributed by atoms with Crippen LogP contribution in [0.2, 0.25) is 0 Å². The number of oxime groups is 1. The zero-order chi connectivity index (χ0) is 14.5. The molecular weight excluding hydrogens is 252 g/mol. The number of nitrogens with two attached hydrogens (primary N) is 1. The molecule has 0 saturated carbocycles. The summed E-state index contributed by atoms with van der Waals surface area (Å²) in [6, 6.07) is 3.74. The molecule has 1 aromatic rings. The summed E-state index contributed by atoms with van der Waals surface area (Å²) >= 11 is 0. The fourth-order valence-corrected chi connectivity index (χ4v) is 2.88. The van der Waals surface area contributed by atoms with Gasteiger partial charge in [-0.1, -0.05) is 24.9 Å². The molecule has 0 radical (unpaired) electrons. The first-order valence-electron chi connectivity index (χ1n) is 7.35. The lowest BCUT2D eigenvalue weighted by molar-refractivity contribution is 0.318. The van der Waals surface area contributed by atoms with E-state index in [1.54, 1.807) is 0 Å². The molecule has 0 spiro atoms. The zero-order valence-electron chi connectivity index (χ0n) is 12.3. The molecule has 0 amide bonds. The van der Waals surface area contributed by atoms with Gasteiger partial charge in [-0.15, -0.1) is 0 Å². The highest BCUT2D eigenvalue weighted by Crippen LogP contribution is 2.25. The third-order valence-corrected chi connectivity index (χ3v) is 3.98. The van der Waals surface area contributed by atoms with Crippen LogP contribution in [-0.2, 0) is 0 Å². The summed E-state index contributed by atoms with van der Waals surface area (Å²) in [6.07, 6.45) is 5.04. The highest BCUT2D eigenvalue weighted by molar-refractivity contribution is 5.97. The van der Waals surface area contributed by atoms with Gasteiger partial charge in [0.1, 0.15) is 5.82 Å². The van der Waals surface area contributed by atoms with E-state index in [0.29, 0.717) is 0 Å². The van der Waals surface area contributed by atoms with Crippen molar-refractivity contribution in [3.63, 3.8) is 0 Å². The van der Waals surface area contributed by atoms with Crippen molar-refractivity contribution < 1.29 is 5.21 Å². The Morgan fingerprint density at radius 3 is 2.75 bits per heavy atom. The third-order valence-electron chi connectivity index (χ3n) is 3.98. The van der Waals surface area contributed by atoms with Crippen LogP contribution < -0.4 is 10.6 Å². The van der Waals surface area contributed by atoms with Crippen LogP contribution in [0.4, 0.5) is 5.82 Å². The third kappa shape index (κ3) is 3.40. The number of piperidine rings is 1. The van der Waals surface area contributed by atoms with E-state index in [9.17, 15) is 0 Å². The molecular formula is C15H24N4O. The molecule has 2 heterocycles. The van der Waals surface area contributed by atoms with E-state index in [-0.39, 0.29) is 5.84 Å². The molecule has 1 aromatic heterocycles. The maximum absolute atomic E-state index is 8.80. The number of hydrogen-bond donors (Lipinski definition) is 2. The van der Waals surface area contributed by atoms with Gasteiger partial charge in [0.15, 0.2) is 5.84 Å². The van der Waals surface area contributed by atoms with Crippen molar-refractivity contribution in [3.05, 3.63) is 23.4 Å². The quantitative estimate of drug-likeness (QED) is 0.383. The Morgan fingerprint density at radius 2 is 2.15 bits per heavy atom. The van der Waals surface area contributed by atoms with Gasteiger partial charge in [0.2, 0.25) is 0 Å². The Hall–Kier alpha value is -1.78. The topological polar surface area (TPSA) is 74.7 Å². The maximum atomic E-state index is 8.80. The van der Waals surface area contributed by atoms with E-state index in [4.69, 9.17) is 10.9 Å². The molecule has 5 nitrogen and oxygen atoms in total. The monoisotopic (exact) mass is 276 g/mol. The number of hydrogen-bond acceptors (Lipinski definition) is 4. The Bertz CT molecular complexity index is 479. The van der Waals surface area contributed by atoms with Gasteiger partial charge < -0.3 is 15.8 Å². The van der Waals surface area contributed by atoms with Gasteiger partial charge >= 0.3 is 0 Å². The van der Waals surface area contributed by atoms with Gasteiger partial charge in [0.05, 0.1) is 0 Å². The van der Waals surface area contributed by atoms with E-state index in [0.717, 1.165) is 36.1 Å². The maximum Gasteiger partial charge on any atom is 0.170 e. The smallest absolute Gasteiger partial charge is 0.170 e. The molecule has 0 atom stereocenters.